The first-order valence-electron chi connectivity index (χ1n) is 9.88. The molecule has 7 nitrogen and oxygen atoms in total. The molecule has 1 aliphatic rings. The van der Waals surface area contributed by atoms with Gasteiger partial charge >= 0.3 is 5.97 Å². The van der Waals surface area contributed by atoms with E-state index in [0.717, 1.165) is 19.3 Å². The van der Waals surface area contributed by atoms with Gasteiger partial charge in [0.15, 0.2) is 17.6 Å². The molecule has 160 valence electrons. The molecule has 3 atom stereocenters. The second-order valence-electron chi connectivity index (χ2n) is 7.25. The number of hydrogen-bond acceptors (Lipinski definition) is 6. The molecule has 1 aliphatic carbocycles. The van der Waals surface area contributed by atoms with Crippen LogP contribution in [0.2, 0.25) is 0 Å². The highest BCUT2D eigenvalue weighted by atomic mass is 16.5. The first kappa shape index (κ1) is 22.6. The number of nitrogens with one attached hydrogen (secondary N) is 1. The second kappa shape index (κ2) is 10.7. The average molecular weight is 405 g/mol. The molecule has 0 bridgehead atoms. The van der Waals surface area contributed by atoms with Crippen molar-refractivity contribution in [1.29, 1.82) is 0 Å². The number of hydrogen-bond donors (Lipinski definition) is 1. The van der Waals surface area contributed by atoms with Crippen LogP contribution in [0.15, 0.2) is 18.2 Å². The summed E-state index contributed by atoms with van der Waals surface area (Å²) in [4.78, 5) is 24.5. The minimum absolute atomic E-state index is 0.146. The molecule has 2 rings (SSSR count). The van der Waals surface area contributed by atoms with E-state index in [4.69, 9.17) is 18.9 Å². The minimum Gasteiger partial charge on any atom is -0.493 e. The standard InChI is InChI=1S/C22H31NO6/c1-14-8-6-7-9-17(14)23-22(25)15(2)29-20(24)11-10-16-12-18(26-3)21(28-5)19(13-16)27-4/h10-15,17H,6-9H2,1-5H3,(H,23,25)/b11-10+/t14-,15-,17-/m1/s1. The Hall–Kier alpha value is -2.70. The normalized spacial score (nSPS) is 20.0. The summed E-state index contributed by atoms with van der Waals surface area (Å²) in [7, 11) is 4.56. The van der Waals surface area contributed by atoms with E-state index < -0.39 is 12.1 Å². The Bertz CT molecular complexity index is 720. The first-order valence-corrected chi connectivity index (χ1v) is 9.88. The lowest BCUT2D eigenvalue weighted by Crippen LogP contribution is -2.45. The van der Waals surface area contributed by atoms with E-state index in [1.807, 2.05) is 0 Å². The number of esters is 1. The molecule has 1 aromatic rings. The lowest BCUT2D eigenvalue weighted by molar-refractivity contribution is -0.150. The van der Waals surface area contributed by atoms with Crippen LogP contribution in [0.3, 0.4) is 0 Å². The molecule has 7 heteroatoms. The van der Waals surface area contributed by atoms with Crippen molar-refractivity contribution in [2.24, 2.45) is 5.92 Å². The van der Waals surface area contributed by atoms with Crippen LogP contribution in [0.4, 0.5) is 0 Å². The van der Waals surface area contributed by atoms with E-state index in [-0.39, 0.29) is 11.9 Å². The first-order chi connectivity index (χ1) is 13.9. The summed E-state index contributed by atoms with van der Waals surface area (Å²) in [5.74, 6) is 1.01. The van der Waals surface area contributed by atoms with Crippen molar-refractivity contribution in [2.75, 3.05) is 21.3 Å². The monoisotopic (exact) mass is 405 g/mol. The highest BCUT2D eigenvalue weighted by Gasteiger charge is 2.26. The van der Waals surface area contributed by atoms with Gasteiger partial charge in [0.1, 0.15) is 0 Å². The molecule has 1 N–H and O–H groups in total. The second-order valence-corrected chi connectivity index (χ2v) is 7.25. The van der Waals surface area contributed by atoms with Crippen molar-refractivity contribution in [3.05, 3.63) is 23.8 Å². The van der Waals surface area contributed by atoms with E-state index in [2.05, 4.69) is 12.2 Å². The van der Waals surface area contributed by atoms with Gasteiger partial charge in [-0.2, -0.15) is 0 Å². The maximum absolute atomic E-state index is 12.3. The van der Waals surface area contributed by atoms with Gasteiger partial charge in [0.05, 0.1) is 21.3 Å². The van der Waals surface area contributed by atoms with Crippen LogP contribution in [0.25, 0.3) is 6.08 Å². The van der Waals surface area contributed by atoms with Crippen molar-refractivity contribution in [2.45, 2.75) is 51.7 Å². The summed E-state index contributed by atoms with van der Waals surface area (Å²) in [6.45, 7) is 3.72. The SMILES string of the molecule is COc1cc(/C=C/C(=O)O[C@H](C)C(=O)N[C@@H]2CCCC[C@H]2C)cc(OC)c1OC. The predicted molar refractivity (Wildman–Crippen MR) is 110 cm³/mol. The molecule has 0 saturated heterocycles. The molecule has 1 amide bonds. The fraction of sp³-hybridized carbons (Fsp3) is 0.545. The zero-order valence-electron chi connectivity index (χ0n) is 17.8. The van der Waals surface area contributed by atoms with Crippen LogP contribution in [0.1, 0.15) is 45.1 Å². The fourth-order valence-electron chi connectivity index (χ4n) is 3.46. The summed E-state index contributed by atoms with van der Waals surface area (Å²) in [5, 5.41) is 3.00. The van der Waals surface area contributed by atoms with Crippen molar-refractivity contribution in [1.82, 2.24) is 5.32 Å². The Morgan fingerprint density at radius 3 is 2.24 bits per heavy atom. The highest BCUT2D eigenvalue weighted by Crippen LogP contribution is 2.38. The zero-order chi connectivity index (χ0) is 21.4. The van der Waals surface area contributed by atoms with E-state index >= 15 is 0 Å². The average Bonchev–Trinajstić information content (AvgIpc) is 2.72. The lowest BCUT2D eigenvalue weighted by Gasteiger charge is -2.30. The molecule has 0 heterocycles. The smallest absolute Gasteiger partial charge is 0.331 e. The molecule has 29 heavy (non-hydrogen) atoms. The summed E-state index contributed by atoms with van der Waals surface area (Å²) in [6.07, 6.45) is 6.37. The van der Waals surface area contributed by atoms with Gasteiger partial charge in [0, 0.05) is 12.1 Å². The van der Waals surface area contributed by atoms with Gasteiger partial charge in [-0.1, -0.05) is 19.8 Å². The fourth-order valence-corrected chi connectivity index (χ4v) is 3.46. The van der Waals surface area contributed by atoms with Crippen LogP contribution in [0.5, 0.6) is 17.2 Å². The van der Waals surface area contributed by atoms with Crippen LogP contribution in [0, 0.1) is 5.92 Å². The third-order valence-electron chi connectivity index (χ3n) is 5.20. The van der Waals surface area contributed by atoms with E-state index in [1.165, 1.54) is 33.8 Å². The third-order valence-corrected chi connectivity index (χ3v) is 5.20. The third kappa shape index (κ3) is 6.14. The molecule has 1 fully saturated rings. The number of benzene rings is 1. The molecular weight excluding hydrogens is 374 g/mol. The largest absolute Gasteiger partial charge is 0.493 e. The number of amides is 1. The van der Waals surface area contributed by atoms with Crippen LogP contribution >= 0.6 is 0 Å². The number of carbonyl (C=O) groups excluding carboxylic acids is 2. The van der Waals surface area contributed by atoms with Crippen LogP contribution in [-0.2, 0) is 14.3 Å². The Morgan fingerprint density at radius 1 is 1.07 bits per heavy atom. The summed E-state index contributed by atoms with van der Waals surface area (Å²) >= 11 is 0. The van der Waals surface area contributed by atoms with Gasteiger partial charge in [-0.3, -0.25) is 4.79 Å². The van der Waals surface area contributed by atoms with E-state index in [0.29, 0.717) is 28.7 Å². The molecule has 0 spiro atoms. The summed E-state index contributed by atoms with van der Waals surface area (Å²) < 4.78 is 21.1. The van der Waals surface area contributed by atoms with E-state index in [1.54, 1.807) is 25.1 Å². The Kier molecular flexibility index (Phi) is 8.36. The Balaban J connectivity index is 1.97. The van der Waals surface area contributed by atoms with Crippen LogP contribution < -0.4 is 19.5 Å². The minimum atomic E-state index is -0.860. The predicted octanol–water partition coefficient (Wildman–Crippen LogP) is 3.35. The molecule has 0 unspecified atom stereocenters. The topological polar surface area (TPSA) is 83.1 Å². The van der Waals surface area contributed by atoms with Gasteiger partial charge in [-0.25, -0.2) is 4.79 Å². The van der Waals surface area contributed by atoms with Crippen LogP contribution in [-0.4, -0.2) is 45.4 Å². The van der Waals surface area contributed by atoms with Crippen molar-refractivity contribution >= 4 is 18.0 Å². The van der Waals surface area contributed by atoms with Gasteiger partial charge < -0.3 is 24.3 Å². The molecule has 0 aromatic heterocycles. The number of rotatable bonds is 8. The summed E-state index contributed by atoms with van der Waals surface area (Å²) in [6, 6.07) is 3.57. The van der Waals surface area contributed by atoms with Gasteiger partial charge in [-0.15, -0.1) is 0 Å². The van der Waals surface area contributed by atoms with E-state index in [9.17, 15) is 9.59 Å². The Labute approximate surface area is 172 Å². The molecule has 0 aliphatic heterocycles. The van der Waals surface area contributed by atoms with Gasteiger partial charge in [-0.05, 0) is 49.5 Å². The number of methoxy groups -OCH3 is 3. The van der Waals surface area contributed by atoms with Crippen molar-refractivity contribution in [3.63, 3.8) is 0 Å². The maximum atomic E-state index is 12.3. The lowest BCUT2D eigenvalue weighted by atomic mass is 9.86. The molecule has 0 radical (unpaired) electrons. The molecule has 1 aromatic carbocycles. The molecule has 1 saturated carbocycles. The number of ether oxygens (including phenoxy) is 4. The van der Waals surface area contributed by atoms with Crippen molar-refractivity contribution < 1.29 is 28.5 Å². The highest BCUT2D eigenvalue weighted by molar-refractivity contribution is 5.90. The molecular formula is C22H31NO6. The zero-order valence-corrected chi connectivity index (χ0v) is 17.8. The quantitative estimate of drug-likeness (QED) is 0.528. The number of carbonyl (C=O) groups is 2. The summed E-state index contributed by atoms with van der Waals surface area (Å²) in [5.41, 5.74) is 0.671. The Morgan fingerprint density at radius 2 is 1.69 bits per heavy atom. The maximum Gasteiger partial charge on any atom is 0.331 e. The van der Waals surface area contributed by atoms with Crippen molar-refractivity contribution in [3.8, 4) is 17.2 Å². The van der Waals surface area contributed by atoms with Gasteiger partial charge in [0.2, 0.25) is 5.75 Å². The van der Waals surface area contributed by atoms with Gasteiger partial charge in [0.25, 0.3) is 5.91 Å².